The normalized spacial score (nSPS) is 44.3. The second kappa shape index (κ2) is 4.03. The molecule has 0 aromatic heterocycles. The molecule has 0 amide bonds. The van der Waals surface area contributed by atoms with Gasteiger partial charge in [-0.05, 0) is 40.5 Å². The number of Topliss-reactive ketones (excluding diaryl/α,β-unsaturated/α-hetero) is 1. The predicted molar refractivity (Wildman–Crippen MR) is 69.8 cm³/mol. The zero-order valence-corrected chi connectivity index (χ0v) is 12.3. The number of ketones is 1. The molecule has 3 aliphatic rings. The predicted octanol–water partition coefficient (Wildman–Crippen LogP) is 2.44. The van der Waals surface area contributed by atoms with Gasteiger partial charge in [0.2, 0.25) is 0 Å². The first-order valence-electron chi connectivity index (χ1n) is 7.28. The van der Waals surface area contributed by atoms with Crippen LogP contribution in [0.4, 0.5) is 0 Å². The Kier molecular flexibility index (Phi) is 2.87. The Balaban J connectivity index is 1.99. The number of hydrogen-bond donors (Lipinski definition) is 0. The van der Waals surface area contributed by atoms with Gasteiger partial charge in [0.25, 0.3) is 0 Å². The first-order chi connectivity index (χ1) is 8.75. The molecule has 4 heteroatoms. The van der Waals surface area contributed by atoms with Crippen LogP contribution >= 0.6 is 0 Å². The Morgan fingerprint density at radius 2 is 1.84 bits per heavy atom. The molecule has 2 heterocycles. The molecule has 2 aliphatic heterocycles. The summed E-state index contributed by atoms with van der Waals surface area (Å²) in [5.41, 5.74) is -0.798. The van der Waals surface area contributed by atoms with Crippen LogP contribution in [0.25, 0.3) is 0 Å². The summed E-state index contributed by atoms with van der Waals surface area (Å²) in [7, 11) is 0. The van der Waals surface area contributed by atoms with Gasteiger partial charge in [-0.25, -0.2) is 0 Å². The van der Waals surface area contributed by atoms with Crippen LogP contribution in [0.3, 0.4) is 0 Å². The lowest BCUT2D eigenvalue weighted by atomic mass is 9.63. The highest BCUT2D eigenvalue weighted by atomic mass is 16.7. The lowest BCUT2D eigenvalue weighted by Crippen LogP contribution is -2.68. The lowest BCUT2D eigenvalue weighted by molar-refractivity contribution is -0.357. The van der Waals surface area contributed by atoms with Crippen LogP contribution in [0, 0.1) is 5.41 Å². The quantitative estimate of drug-likeness (QED) is 0.677. The fraction of sp³-hybridized carbons (Fsp3) is 0.933. The third-order valence-corrected chi connectivity index (χ3v) is 4.76. The number of carbonyl (C=O) groups excluding carboxylic acids is 1. The minimum Gasteiger partial charge on any atom is -0.371 e. The summed E-state index contributed by atoms with van der Waals surface area (Å²) in [6.07, 6.45) is 3.08. The SMILES string of the molecule is CC1(C)C[C@H]2OC(C)(C)OC[C@@]23C(=O)CCCC3O1. The molecule has 1 spiro atoms. The molecular weight excluding hydrogens is 244 g/mol. The summed E-state index contributed by atoms with van der Waals surface area (Å²) in [6.45, 7) is 8.45. The molecule has 3 atom stereocenters. The summed E-state index contributed by atoms with van der Waals surface area (Å²) < 4.78 is 18.1. The van der Waals surface area contributed by atoms with Crippen LogP contribution in [0.15, 0.2) is 0 Å². The van der Waals surface area contributed by atoms with Gasteiger partial charge in [-0.1, -0.05) is 0 Å². The monoisotopic (exact) mass is 268 g/mol. The van der Waals surface area contributed by atoms with Gasteiger partial charge in [-0.3, -0.25) is 4.79 Å². The molecule has 108 valence electrons. The van der Waals surface area contributed by atoms with Crippen molar-refractivity contribution in [2.45, 2.75) is 77.0 Å². The lowest BCUT2D eigenvalue weighted by Gasteiger charge is -2.58. The number of rotatable bonds is 0. The molecule has 0 radical (unpaired) electrons. The van der Waals surface area contributed by atoms with Crippen molar-refractivity contribution in [1.29, 1.82) is 0 Å². The smallest absolute Gasteiger partial charge is 0.163 e. The molecule has 1 aliphatic carbocycles. The first-order valence-corrected chi connectivity index (χ1v) is 7.28. The van der Waals surface area contributed by atoms with Crippen molar-refractivity contribution in [2.24, 2.45) is 5.41 Å². The van der Waals surface area contributed by atoms with Gasteiger partial charge in [0, 0.05) is 12.8 Å². The highest BCUT2D eigenvalue weighted by Crippen LogP contribution is 2.52. The van der Waals surface area contributed by atoms with Crippen molar-refractivity contribution >= 4 is 5.78 Å². The van der Waals surface area contributed by atoms with E-state index >= 15 is 0 Å². The zero-order chi connectivity index (χ0) is 13.9. The largest absolute Gasteiger partial charge is 0.371 e. The molecule has 3 fully saturated rings. The van der Waals surface area contributed by atoms with Crippen molar-refractivity contribution in [3.05, 3.63) is 0 Å². The van der Waals surface area contributed by atoms with E-state index in [0.29, 0.717) is 13.0 Å². The van der Waals surface area contributed by atoms with Crippen LogP contribution in [0.1, 0.15) is 53.4 Å². The van der Waals surface area contributed by atoms with Crippen LogP contribution in [-0.2, 0) is 19.0 Å². The van der Waals surface area contributed by atoms with Crippen molar-refractivity contribution in [2.75, 3.05) is 6.61 Å². The van der Waals surface area contributed by atoms with Gasteiger partial charge in [0.05, 0.1) is 24.4 Å². The van der Waals surface area contributed by atoms with Crippen molar-refractivity contribution < 1.29 is 19.0 Å². The maximum Gasteiger partial charge on any atom is 0.163 e. The van der Waals surface area contributed by atoms with Crippen molar-refractivity contribution in [3.8, 4) is 0 Å². The van der Waals surface area contributed by atoms with Crippen molar-refractivity contribution in [3.63, 3.8) is 0 Å². The van der Waals surface area contributed by atoms with E-state index in [1.165, 1.54) is 0 Å². The number of hydrogen-bond acceptors (Lipinski definition) is 4. The van der Waals surface area contributed by atoms with Crippen LogP contribution in [0.5, 0.6) is 0 Å². The fourth-order valence-electron chi connectivity index (χ4n) is 3.81. The summed E-state index contributed by atoms with van der Waals surface area (Å²) in [4.78, 5) is 12.6. The first kappa shape index (κ1) is 13.5. The standard InChI is InChI=1S/C15H24O4/c1-13(2)8-12-15(9-17-14(3,4)19-12)10(16)6-5-7-11(15)18-13/h11-12H,5-9H2,1-4H3/t11?,12-,15+/m1/s1. The van der Waals surface area contributed by atoms with E-state index in [9.17, 15) is 4.79 Å². The maximum absolute atomic E-state index is 12.6. The average Bonchev–Trinajstić information content (AvgIpc) is 2.25. The second-order valence-corrected chi connectivity index (χ2v) is 7.22. The second-order valence-electron chi connectivity index (χ2n) is 7.22. The van der Waals surface area contributed by atoms with Gasteiger partial charge < -0.3 is 14.2 Å². The van der Waals surface area contributed by atoms with E-state index in [0.717, 1.165) is 19.3 Å². The topological polar surface area (TPSA) is 44.8 Å². The third-order valence-electron chi connectivity index (χ3n) is 4.76. The molecule has 0 N–H and O–H groups in total. The van der Waals surface area contributed by atoms with E-state index in [4.69, 9.17) is 14.2 Å². The maximum atomic E-state index is 12.6. The average molecular weight is 268 g/mol. The van der Waals surface area contributed by atoms with E-state index in [1.54, 1.807) is 0 Å². The summed E-state index contributed by atoms with van der Waals surface area (Å²) in [6, 6.07) is 0. The highest BCUT2D eigenvalue weighted by Gasteiger charge is 2.62. The Bertz CT molecular complexity index is 399. The van der Waals surface area contributed by atoms with Crippen LogP contribution in [0.2, 0.25) is 0 Å². The zero-order valence-electron chi connectivity index (χ0n) is 12.3. The molecule has 4 nitrogen and oxygen atoms in total. The van der Waals surface area contributed by atoms with E-state index in [1.807, 2.05) is 13.8 Å². The molecule has 1 saturated carbocycles. The van der Waals surface area contributed by atoms with Gasteiger partial charge in [0.1, 0.15) is 11.2 Å². The number of ether oxygens (including phenoxy) is 3. The van der Waals surface area contributed by atoms with Gasteiger partial charge in [-0.15, -0.1) is 0 Å². The molecule has 2 saturated heterocycles. The van der Waals surface area contributed by atoms with E-state index in [-0.39, 0.29) is 23.6 Å². The number of carbonyl (C=O) groups is 1. The highest BCUT2D eigenvalue weighted by molar-refractivity contribution is 5.87. The molecule has 1 unspecified atom stereocenters. The van der Waals surface area contributed by atoms with E-state index < -0.39 is 11.2 Å². The Hall–Kier alpha value is -0.450. The minimum absolute atomic E-state index is 0.0569. The molecule has 3 rings (SSSR count). The van der Waals surface area contributed by atoms with Gasteiger partial charge in [-0.2, -0.15) is 0 Å². The Morgan fingerprint density at radius 3 is 2.58 bits per heavy atom. The molecular formula is C15H24O4. The van der Waals surface area contributed by atoms with Crippen LogP contribution in [-0.4, -0.2) is 36.0 Å². The molecule has 0 bridgehead atoms. The fourth-order valence-corrected chi connectivity index (χ4v) is 3.81. The van der Waals surface area contributed by atoms with E-state index in [2.05, 4.69) is 13.8 Å². The Morgan fingerprint density at radius 1 is 1.11 bits per heavy atom. The summed E-state index contributed by atoms with van der Waals surface area (Å²) in [5.74, 6) is -0.342. The third kappa shape index (κ3) is 2.05. The van der Waals surface area contributed by atoms with Gasteiger partial charge >= 0.3 is 0 Å². The Labute approximate surface area is 114 Å². The summed E-state index contributed by atoms with van der Waals surface area (Å²) in [5, 5.41) is 0. The van der Waals surface area contributed by atoms with Gasteiger partial charge in [0.15, 0.2) is 5.79 Å². The molecule has 0 aromatic carbocycles. The summed E-state index contributed by atoms with van der Waals surface area (Å²) >= 11 is 0. The van der Waals surface area contributed by atoms with Crippen LogP contribution < -0.4 is 0 Å². The van der Waals surface area contributed by atoms with Crippen molar-refractivity contribution in [1.82, 2.24) is 0 Å². The molecule has 19 heavy (non-hydrogen) atoms. The molecule has 0 aromatic rings. The minimum atomic E-state index is -0.606.